The van der Waals surface area contributed by atoms with Crippen LogP contribution in [0.2, 0.25) is 0 Å². The molecule has 2 aromatic heterocycles. The number of ether oxygens (including phenoxy) is 1. The topological polar surface area (TPSA) is 67.0 Å². The quantitative estimate of drug-likeness (QED) is 0.839. The monoisotopic (exact) mass is 269 g/mol. The fourth-order valence-corrected chi connectivity index (χ4v) is 2.08. The molecule has 0 spiro atoms. The highest BCUT2D eigenvalue weighted by Gasteiger charge is 2.21. The molecule has 102 valence electrons. The van der Waals surface area contributed by atoms with Crippen molar-refractivity contribution < 1.29 is 9.53 Å². The van der Waals surface area contributed by atoms with Gasteiger partial charge in [0.05, 0.1) is 0 Å². The van der Waals surface area contributed by atoms with Gasteiger partial charge in [0.25, 0.3) is 0 Å². The minimum atomic E-state index is -0.133. The molecule has 0 aliphatic carbocycles. The largest absolute Gasteiger partial charge is 0.437 e. The molecule has 3 heterocycles. The Morgan fingerprint density at radius 2 is 2.30 bits per heavy atom. The summed E-state index contributed by atoms with van der Waals surface area (Å²) in [5, 5.41) is 4.04. The van der Waals surface area contributed by atoms with Gasteiger partial charge >= 0.3 is 0 Å². The fourth-order valence-electron chi connectivity index (χ4n) is 2.08. The van der Waals surface area contributed by atoms with E-state index < -0.39 is 0 Å². The van der Waals surface area contributed by atoms with Crippen LogP contribution in [0.5, 0.6) is 0 Å². The number of aromatic nitrogens is 2. The number of ketones is 1. The van der Waals surface area contributed by atoms with Crippen molar-refractivity contribution in [2.75, 3.05) is 0 Å². The van der Waals surface area contributed by atoms with Crippen molar-refractivity contribution in [1.29, 1.82) is 0 Å². The van der Waals surface area contributed by atoms with Gasteiger partial charge in [0.1, 0.15) is 5.65 Å². The number of nitrogens with zero attached hydrogens (tertiary/aromatic N) is 1. The van der Waals surface area contributed by atoms with E-state index in [9.17, 15) is 4.79 Å². The Balaban J connectivity index is 1.89. The molecule has 2 N–H and O–H groups in total. The van der Waals surface area contributed by atoms with Crippen LogP contribution in [-0.2, 0) is 9.53 Å². The third-order valence-corrected chi connectivity index (χ3v) is 2.93. The summed E-state index contributed by atoms with van der Waals surface area (Å²) >= 11 is 0. The Kier molecular flexibility index (Phi) is 3.02. The molecule has 5 nitrogen and oxygen atoms in total. The lowest BCUT2D eigenvalue weighted by Crippen LogP contribution is -2.21. The summed E-state index contributed by atoms with van der Waals surface area (Å²) in [5.41, 5.74) is 1.67. The minimum absolute atomic E-state index is 0.133. The number of hydrogen-bond acceptors (Lipinski definition) is 4. The maximum atomic E-state index is 11.9. The zero-order chi connectivity index (χ0) is 14.1. The maximum absolute atomic E-state index is 11.9. The number of pyridine rings is 1. The molecule has 0 amide bonds. The number of rotatable bonds is 3. The fraction of sp³-hybridized carbons (Fsp3) is 0.200. The molecule has 0 radical (unpaired) electrons. The Hall–Kier alpha value is -2.56. The normalized spacial score (nSPS) is 16.9. The van der Waals surface area contributed by atoms with Crippen LogP contribution in [0.1, 0.15) is 19.4 Å². The van der Waals surface area contributed by atoms with Gasteiger partial charge in [-0.3, -0.25) is 4.79 Å². The van der Waals surface area contributed by atoms with Crippen LogP contribution in [0.4, 0.5) is 0 Å². The summed E-state index contributed by atoms with van der Waals surface area (Å²) in [4.78, 5) is 19.2. The van der Waals surface area contributed by atoms with Crippen molar-refractivity contribution in [3.05, 3.63) is 47.8 Å². The third kappa shape index (κ3) is 2.30. The molecule has 0 atom stereocenters. The second-order valence-electron chi connectivity index (χ2n) is 4.93. The van der Waals surface area contributed by atoms with Gasteiger partial charge in [0.15, 0.2) is 11.6 Å². The summed E-state index contributed by atoms with van der Waals surface area (Å²) in [6.07, 6.45) is 6.74. The first-order valence-electron chi connectivity index (χ1n) is 6.47. The summed E-state index contributed by atoms with van der Waals surface area (Å²) in [6, 6.07) is 4.02. The molecule has 0 saturated heterocycles. The molecule has 1 aliphatic heterocycles. The number of nitrogens with one attached hydrogen (secondary N) is 2. The van der Waals surface area contributed by atoms with E-state index >= 15 is 0 Å². The van der Waals surface area contributed by atoms with Gasteiger partial charge in [-0.25, -0.2) is 4.98 Å². The molecule has 1 aliphatic rings. The molecular weight excluding hydrogens is 254 g/mol. The Bertz CT molecular complexity index is 726. The van der Waals surface area contributed by atoms with Gasteiger partial charge in [-0.15, -0.1) is 0 Å². The second-order valence-corrected chi connectivity index (χ2v) is 4.93. The zero-order valence-electron chi connectivity index (χ0n) is 11.3. The Morgan fingerprint density at radius 1 is 1.45 bits per heavy atom. The van der Waals surface area contributed by atoms with E-state index in [1.807, 2.05) is 32.2 Å². The van der Waals surface area contributed by atoms with Gasteiger partial charge < -0.3 is 15.0 Å². The van der Waals surface area contributed by atoms with Crippen molar-refractivity contribution >= 4 is 22.9 Å². The van der Waals surface area contributed by atoms with Crippen LogP contribution in [0.3, 0.4) is 0 Å². The van der Waals surface area contributed by atoms with E-state index in [0.717, 1.165) is 16.6 Å². The van der Waals surface area contributed by atoms with Crippen molar-refractivity contribution in [3.8, 4) is 0 Å². The maximum Gasteiger partial charge on any atom is 0.226 e. The van der Waals surface area contributed by atoms with Crippen LogP contribution >= 0.6 is 0 Å². The summed E-state index contributed by atoms with van der Waals surface area (Å²) in [7, 11) is 0. The van der Waals surface area contributed by atoms with E-state index in [-0.39, 0.29) is 11.8 Å². The SMILES string of the molecule is CC(C)NC1=CC(=O)C(=Cc2c[nH]c3ncccc23)O1. The molecule has 3 rings (SSSR count). The number of fused-ring (bicyclic) bond motifs is 1. The van der Waals surface area contributed by atoms with Crippen LogP contribution in [0, 0.1) is 0 Å². The molecule has 0 aromatic carbocycles. The van der Waals surface area contributed by atoms with E-state index in [1.54, 1.807) is 12.3 Å². The highest BCUT2D eigenvalue weighted by molar-refractivity contribution is 6.08. The standard InChI is InChI=1S/C15H15N3O2/c1-9(2)18-14-7-12(19)13(20-14)6-10-8-17-15-11(10)4-3-5-16-15/h3-9,18H,1-2H3,(H,16,17). The van der Waals surface area contributed by atoms with Crippen LogP contribution in [0.15, 0.2) is 42.2 Å². The summed E-state index contributed by atoms with van der Waals surface area (Å²) in [6.45, 7) is 3.98. The predicted molar refractivity (Wildman–Crippen MR) is 76.5 cm³/mol. The van der Waals surface area contributed by atoms with Gasteiger partial charge in [-0.2, -0.15) is 0 Å². The summed E-state index contributed by atoms with van der Waals surface area (Å²) in [5.74, 6) is 0.679. The minimum Gasteiger partial charge on any atom is -0.437 e. The number of carbonyl (C=O) groups excluding carboxylic acids is 1. The highest BCUT2D eigenvalue weighted by Crippen LogP contribution is 2.23. The van der Waals surface area contributed by atoms with Gasteiger partial charge in [0, 0.05) is 35.5 Å². The number of hydrogen-bond donors (Lipinski definition) is 2. The molecule has 0 saturated carbocycles. The van der Waals surface area contributed by atoms with E-state index in [4.69, 9.17) is 4.74 Å². The summed E-state index contributed by atoms with van der Waals surface area (Å²) < 4.78 is 5.53. The van der Waals surface area contributed by atoms with Crippen LogP contribution < -0.4 is 5.32 Å². The predicted octanol–water partition coefficient (Wildman–Crippen LogP) is 2.34. The lowest BCUT2D eigenvalue weighted by atomic mass is 10.2. The van der Waals surface area contributed by atoms with Crippen LogP contribution in [0.25, 0.3) is 17.1 Å². The molecule has 0 unspecified atom stereocenters. The molecule has 2 aromatic rings. The number of carbonyl (C=O) groups is 1. The average molecular weight is 269 g/mol. The number of aromatic amines is 1. The first-order chi connectivity index (χ1) is 9.63. The highest BCUT2D eigenvalue weighted by atomic mass is 16.5. The zero-order valence-corrected chi connectivity index (χ0v) is 11.3. The molecule has 5 heteroatoms. The first kappa shape index (κ1) is 12.5. The lowest BCUT2D eigenvalue weighted by molar-refractivity contribution is -0.112. The van der Waals surface area contributed by atoms with Crippen LogP contribution in [-0.4, -0.2) is 21.8 Å². The van der Waals surface area contributed by atoms with Crippen molar-refractivity contribution in [2.24, 2.45) is 0 Å². The smallest absolute Gasteiger partial charge is 0.226 e. The van der Waals surface area contributed by atoms with Crippen molar-refractivity contribution in [1.82, 2.24) is 15.3 Å². The Morgan fingerprint density at radius 3 is 3.10 bits per heavy atom. The van der Waals surface area contributed by atoms with E-state index in [0.29, 0.717) is 11.6 Å². The molecule has 20 heavy (non-hydrogen) atoms. The second kappa shape index (κ2) is 4.85. The Labute approximate surface area is 116 Å². The molecule has 0 fully saturated rings. The number of allylic oxidation sites excluding steroid dienone is 1. The van der Waals surface area contributed by atoms with E-state index in [1.165, 1.54) is 6.08 Å². The van der Waals surface area contributed by atoms with Gasteiger partial charge in [-0.1, -0.05) is 0 Å². The van der Waals surface area contributed by atoms with Gasteiger partial charge in [-0.05, 0) is 32.1 Å². The number of H-pyrrole nitrogens is 1. The van der Waals surface area contributed by atoms with E-state index in [2.05, 4.69) is 15.3 Å². The van der Waals surface area contributed by atoms with Gasteiger partial charge in [0.2, 0.25) is 5.78 Å². The first-order valence-corrected chi connectivity index (χ1v) is 6.47. The third-order valence-electron chi connectivity index (χ3n) is 2.93. The van der Waals surface area contributed by atoms with Crippen molar-refractivity contribution in [3.63, 3.8) is 0 Å². The molecule has 0 bridgehead atoms. The molecular formula is C15H15N3O2. The lowest BCUT2D eigenvalue weighted by Gasteiger charge is -2.09. The average Bonchev–Trinajstić information content (AvgIpc) is 2.95. The van der Waals surface area contributed by atoms with Crippen molar-refractivity contribution in [2.45, 2.75) is 19.9 Å².